The molecule has 0 amide bonds. The molecule has 0 aliphatic rings. The van der Waals surface area contributed by atoms with Gasteiger partial charge in [-0.25, -0.2) is 4.98 Å². The molecule has 34 heavy (non-hydrogen) atoms. The number of ether oxygens (including phenoxy) is 2. The zero-order chi connectivity index (χ0) is 23.7. The van der Waals surface area contributed by atoms with Gasteiger partial charge in [0.05, 0.1) is 22.9 Å². The number of benzene rings is 2. The molecule has 0 spiro atoms. The zero-order valence-electron chi connectivity index (χ0n) is 18.4. The van der Waals surface area contributed by atoms with Crippen molar-refractivity contribution in [2.45, 2.75) is 6.92 Å². The topological polar surface area (TPSA) is 89.5 Å². The Morgan fingerprint density at radius 1 is 1.06 bits per heavy atom. The summed E-state index contributed by atoms with van der Waals surface area (Å²) in [6.45, 7) is 1.87. The maximum absolute atomic E-state index is 13.5. The maximum Gasteiger partial charge on any atom is 0.269 e. The molecule has 0 aliphatic heterocycles. The highest BCUT2D eigenvalue weighted by atomic mass is 32.1. The van der Waals surface area contributed by atoms with Gasteiger partial charge in [0.15, 0.2) is 11.5 Å². The fourth-order valence-electron chi connectivity index (χ4n) is 3.57. The van der Waals surface area contributed by atoms with Crippen molar-refractivity contribution in [2.75, 3.05) is 7.11 Å². The Morgan fingerprint density at radius 3 is 2.59 bits per heavy atom. The minimum atomic E-state index is -0.354. The highest BCUT2D eigenvalue weighted by Crippen LogP contribution is 2.33. The van der Waals surface area contributed by atoms with Crippen LogP contribution in [0, 0.1) is 18.3 Å². The lowest BCUT2D eigenvalue weighted by Gasteiger charge is -2.13. The predicted molar refractivity (Wildman–Crippen MR) is 132 cm³/mol. The van der Waals surface area contributed by atoms with Gasteiger partial charge >= 0.3 is 0 Å². The number of hydrogen-bond acceptors (Lipinski definition) is 7. The summed E-state index contributed by atoms with van der Waals surface area (Å²) in [6.07, 6.45) is 3.14. The van der Waals surface area contributed by atoms with E-state index in [0.717, 1.165) is 15.8 Å². The van der Waals surface area contributed by atoms with Crippen LogP contribution in [-0.4, -0.2) is 21.5 Å². The van der Waals surface area contributed by atoms with Crippen LogP contribution in [0.15, 0.2) is 71.7 Å². The van der Waals surface area contributed by atoms with Crippen LogP contribution in [0.3, 0.4) is 0 Å². The van der Waals surface area contributed by atoms with Gasteiger partial charge in [0.1, 0.15) is 22.3 Å². The van der Waals surface area contributed by atoms with E-state index in [1.165, 1.54) is 28.9 Å². The van der Waals surface area contributed by atoms with Gasteiger partial charge in [0.25, 0.3) is 5.56 Å². The summed E-state index contributed by atoms with van der Waals surface area (Å²) in [5.41, 5.74) is 2.10. The molecule has 0 bridgehead atoms. The second kappa shape index (κ2) is 8.81. The van der Waals surface area contributed by atoms with Crippen molar-refractivity contribution in [1.82, 2.24) is 14.4 Å². The molecule has 5 rings (SSSR count). The molecule has 0 saturated heterocycles. The average Bonchev–Trinajstić information content (AvgIpc) is 3.29. The largest absolute Gasteiger partial charge is 0.493 e. The van der Waals surface area contributed by atoms with Gasteiger partial charge in [-0.1, -0.05) is 30.3 Å². The molecule has 5 aromatic rings. The van der Waals surface area contributed by atoms with Gasteiger partial charge < -0.3 is 9.47 Å². The van der Waals surface area contributed by atoms with Crippen LogP contribution in [0.2, 0.25) is 0 Å². The third kappa shape index (κ3) is 3.78. The van der Waals surface area contributed by atoms with Crippen LogP contribution in [0.5, 0.6) is 17.4 Å². The molecule has 0 saturated carbocycles. The average molecular weight is 467 g/mol. The third-order valence-corrected chi connectivity index (χ3v) is 6.33. The van der Waals surface area contributed by atoms with Gasteiger partial charge in [0, 0.05) is 6.20 Å². The summed E-state index contributed by atoms with van der Waals surface area (Å²) < 4.78 is 13.9. The summed E-state index contributed by atoms with van der Waals surface area (Å²) in [7, 11) is 1.54. The van der Waals surface area contributed by atoms with Gasteiger partial charge in [-0.05, 0) is 48.9 Å². The van der Waals surface area contributed by atoms with Gasteiger partial charge in [-0.3, -0.25) is 9.20 Å². The first-order valence-electron chi connectivity index (χ1n) is 10.4. The van der Waals surface area contributed by atoms with E-state index in [-0.39, 0.29) is 22.6 Å². The molecule has 0 fully saturated rings. The summed E-state index contributed by atoms with van der Waals surface area (Å²) in [5.74, 6) is 0.983. The fraction of sp³-hybridized carbons (Fsp3) is 0.0769. The molecule has 0 radical (unpaired) electrons. The lowest BCUT2D eigenvalue weighted by atomic mass is 10.2. The second-order valence-electron chi connectivity index (χ2n) is 7.43. The van der Waals surface area contributed by atoms with E-state index in [9.17, 15) is 10.1 Å². The first kappa shape index (κ1) is 21.4. The second-order valence-corrected chi connectivity index (χ2v) is 8.46. The number of thiazole rings is 1. The number of aromatic nitrogens is 3. The van der Waals surface area contributed by atoms with E-state index in [1.54, 1.807) is 30.5 Å². The van der Waals surface area contributed by atoms with E-state index in [1.807, 2.05) is 43.3 Å². The Labute approximate surface area is 198 Å². The summed E-state index contributed by atoms with van der Waals surface area (Å²) >= 11 is 1.39. The Balaban J connectivity index is 1.74. The number of para-hydroxylation sites is 3. The van der Waals surface area contributed by atoms with E-state index in [0.29, 0.717) is 22.2 Å². The Bertz CT molecular complexity index is 1640. The number of rotatable bonds is 5. The van der Waals surface area contributed by atoms with E-state index < -0.39 is 0 Å². The number of hydrogen-bond donors (Lipinski definition) is 0. The number of nitriles is 1. The summed E-state index contributed by atoms with van der Waals surface area (Å²) in [5, 5.41) is 10.4. The number of nitrogens with zero attached hydrogens (tertiary/aromatic N) is 4. The quantitative estimate of drug-likeness (QED) is 0.319. The van der Waals surface area contributed by atoms with E-state index in [2.05, 4.69) is 16.0 Å². The van der Waals surface area contributed by atoms with Crippen LogP contribution in [0.1, 0.15) is 16.1 Å². The number of allylic oxidation sites excluding steroid dienone is 1. The number of pyridine rings is 1. The zero-order valence-corrected chi connectivity index (χ0v) is 19.2. The normalized spacial score (nSPS) is 11.5. The van der Waals surface area contributed by atoms with Crippen LogP contribution >= 0.6 is 11.3 Å². The molecule has 166 valence electrons. The maximum atomic E-state index is 13.5. The first-order valence-corrected chi connectivity index (χ1v) is 11.2. The Hall–Kier alpha value is -4.48. The smallest absolute Gasteiger partial charge is 0.269 e. The molecular formula is C26H18N4O3S. The minimum absolute atomic E-state index is 0.0812. The highest BCUT2D eigenvalue weighted by molar-refractivity contribution is 7.19. The number of aryl methyl sites for hydroxylation is 1. The van der Waals surface area contributed by atoms with Crippen molar-refractivity contribution < 1.29 is 9.47 Å². The molecule has 2 aromatic carbocycles. The lowest BCUT2D eigenvalue weighted by Crippen LogP contribution is -2.19. The fourth-order valence-corrected chi connectivity index (χ4v) is 4.51. The van der Waals surface area contributed by atoms with Crippen molar-refractivity contribution in [3.8, 4) is 23.4 Å². The van der Waals surface area contributed by atoms with Crippen molar-refractivity contribution in [3.63, 3.8) is 0 Å². The van der Waals surface area contributed by atoms with Crippen LogP contribution in [0.25, 0.3) is 27.5 Å². The predicted octanol–water partition coefficient (Wildman–Crippen LogP) is 5.48. The summed E-state index contributed by atoms with van der Waals surface area (Å²) in [6, 6.07) is 20.6. The summed E-state index contributed by atoms with van der Waals surface area (Å²) in [4.78, 5) is 22.8. The molecule has 0 atom stereocenters. The van der Waals surface area contributed by atoms with Crippen LogP contribution in [0.4, 0.5) is 0 Å². The highest BCUT2D eigenvalue weighted by Gasteiger charge is 2.18. The molecule has 7 nitrogen and oxygen atoms in total. The molecule has 0 aliphatic carbocycles. The van der Waals surface area contributed by atoms with Crippen molar-refractivity contribution in [1.29, 1.82) is 5.26 Å². The van der Waals surface area contributed by atoms with Crippen molar-refractivity contribution >= 4 is 38.8 Å². The SMILES string of the molecule is COc1ccccc1Oc1nc2c(C)cccn2c(=O)c1C=C(C#N)c1nc2ccccc2s1. The molecule has 3 heterocycles. The minimum Gasteiger partial charge on any atom is -0.493 e. The van der Waals surface area contributed by atoms with Gasteiger partial charge in [-0.15, -0.1) is 11.3 Å². The monoisotopic (exact) mass is 466 g/mol. The Kier molecular flexibility index (Phi) is 5.54. The van der Waals surface area contributed by atoms with Crippen molar-refractivity contribution in [2.24, 2.45) is 0 Å². The molecule has 8 heteroatoms. The molecular weight excluding hydrogens is 448 g/mol. The molecule has 3 aromatic heterocycles. The first-order chi connectivity index (χ1) is 16.6. The lowest BCUT2D eigenvalue weighted by molar-refractivity contribution is 0.374. The molecule has 0 N–H and O–H groups in total. The van der Waals surface area contributed by atoms with Crippen LogP contribution in [-0.2, 0) is 0 Å². The van der Waals surface area contributed by atoms with Gasteiger partial charge in [-0.2, -0.15) is 10.2 Å². The number of methoxy groups -OCH3 is 1. The standard InChI is InChI=1S/C26H18N4O3S/c1-16-8-7-13-30-23(16)29-24(33-21-11-5-4-10-20(21)32-2)18(26(30)31)14-17(15-27)25-28-19-9-3-6-12-22(19)34-25/h3-14H,1-2H3. The molecule has 0 unspecified atom stereocenters. The Morgan fingerprint density at radius 2 is 1.82 bits per heavy atom. The van der Waals surface area contributed by atoms with Crippen molar-refractivity contribution in [3.05, 3.63) is 93.3 Å². The van der Waals surface area contributed by atoms with E-state index in [4.69, 9.17) is 9.47 Å². The van der Waals surface area contributed by atoms with Crippen LogP contribution < -0.4 is 15.0 Å². The van der Waals surface area contributed by atoms with Gasteiger partial charge in [0.2, 0.25) is 5.88 Å². The van der Waals surface area contributed by atoms with E-state index >= 15 is 0 Å². The third-order valence-electron chi connectivity index (χ3n) is 5.26. The number of fused-ring (bicyclic) bond motifs is 2.